The zero-order chi connectivity index (χ0) is 23.3. The lowest BCUT2D eigenvalue weighted by Gasteiger charge is -2.35. The van der Waals surface area contributed by atoms with Crippen molar-refractivity contribution in [2.75, 3.05) is 25.9 Å². The molecule has 1 saturated heterocycles. The summed E-state index contributed by atoms with van der Waals surface area (Å²) in [5.41, 5.74) is 6.84. The zero-order valence-electron chi connectivity index (χ0n) is 19.1. The fourth-order valence-corrected chi connectivity index (χ4v) is 7.11. The fraction of sp³-hybridized carbons (Fsp3) is 0.667. The molecule has 7 rings (SSSR count). The lowest BCUT2D eigenvalue weighted by atomic mass is 9.98. The van der Waals surface area contributed by atoms with Crippen molar-refractivity contribution in [2.45, 2.75) is 62.9 Å². The van der Waals surface area contributed by atoms with Gasteiger partial charge in [-0.1, -0.05) is 0 Å². The largest absolute Gasteiger partial charge is 0.419 e. The van der Waals surface area contributed by atoms with Gasteiger partial charge in [-0.15, -0.1) is 0 Å². The van der Waals surface area contributed by atoms with Gasteiger partial charge in [0.05, 0.1) is 17.4 Å². The quantitative estimate of drug-likeness (QED) is 0.725. The van der Waals surface area contributed by atoms with E-state index in [1.165, 1.54) is 18.3 Å². The third-order valence-corrected chi connectivity index (χ3v) is 8.70. The Labute approximate surface area is 191 Å². The third kappa shape index (κ3) is 2.94. The first-order chi connectivity index (χ1) is 15.7. The average Bonchev–Trinajstić information content (AvgIpc) is 3.33. The van der Waals surface area contributed by atoms with Crippen LogP contribution in [0, 0.1) is 17.8 Å². The molecule has 2 bridgehead atoms. The summed E-state index contributed by atoms with van der Waals surface area (Å²) in [6, 6.07) is 3.82. The van der Waals surface area contributed by atoms with E-state index in [1.807, 2.05) is 10.7 Å². The highest BCUT2D eigenvalue weighted by molar-refractivity contribution is 5.65. The van der Waals surface area contributed by atoms with Crippen LogP contribution in [0.3, 0.4) is 0 Å². The van der Waals surface area contributed by atoms with Gasteiger partial charge in [-0.05, 0) is 63.0 Å². The molecule has 6 nitrogen and oxygen atoms in total. The number of nitrogen functional groups attached to an aromatic ring is 1. The van der Waals surface area contributed by atoms with Crippen LogP contribution >= 0.6 is 0 Å². The minimum absolute atomic E-state index is 0.129. The van der Waals surface area contributed by atoms with Gasteiger partial charge in [-0.2, -0.15) is 18.3 Å². The van der Waals surface area contributed by atoms with E-state index in [4.69, 9.17) is 15.6 Å². The number of halogens is 3. The number of nitrogens with zero attached hydrogens (tertiary/aromatic N) is 4. The van der Waals surface area contributed by atoms with Crippen molar-refractivity contribution in [1.29, 1.82) is 0 Å². The number of methoxy groups -OCH3 is 1. The number of pyridine rings is 1. The molecule has 2 aromatic heterocycles. The highest BCUT2D eigenvalue weighted by atomic mass is 19.4. The maximum atomic E-state index is 13.4. The van der Waals surface area contributed by atoms with Gasteiger partial charge in [-0.25, -0.2) is 4.98 Å². The van der Waals surface area contributed by atoms with Crippen LogP contribution in [-0.2, 0) is 16.3 Å². The van der Waals surface area contributed by atoms with Gasteiger partial charge in [0.25, 0.3) is 0 Å². The van der Waals surface area contributed by atoms with Crippen LogP contribution < -0.4 is 5.73 Å². The van der Waals surface area contributed by atoms with Gasteiger partial charge < -0.3 is 10.5 Å². The highest BCUT2D eigenvalue weighted by Gasteiger charge is 2.93. The maximum Gasteiger partial charge on any atom is 0.419 e. The van der Waals surface area contributed by atoms with Crippen LogP contribution in [0.4, 0.5) is 19.0 Å². The topological polar surface area (TPSA) is 69.2 Å². The van der Waals surface area contributed by atoms with Crippen molar-refractivity contribution in [3.05, 3.63) is 29.6 Å². The molecular weight excluding hydrogens is 431 g/mol. The van der Waals surface area contributed by atoms with Crippen LogP contribution in [0.15, 0.2) is 18.3 Å². The number of anilines is 1. The normalized spacial score (nSPS) is 33.5. The molecule has 1 unspecified atom stereocenters. The minimum Gasteiger partial charge on any atom is -0.383 e. The Hall–Kier alpha value is -2.13. The summed E-state index contributed by atoms with van der Waals surface area (Å²) in [7, 11) is 1.80. The lowest BCUT2D eigenvalue weighted by Crippen LogP contribution is -2.43. The molecule has 3 heterocycles. The first-order valence-corrected chi connectivity index (χ1v) is 11.9. The van der Waals surface area contributed by atoms with Crippen molar-refractivity contribution in [2.24, 2.45) is 17.8 Å². The Morgan fingerprint density at radius 1 is 1.18 bits per heavy atom. The Morgan fingerprint density at radius 2 is 1.91 bits per heavy atom. The van der Waals surface area contributed by atoms with Crippen molar-refractivity contribution in [3.8, 4) is 11.3 Å². The van der Waals surface area contributed by atoms with Crippen molar-refractivity contribution >= 4 is 5.82 Å². The van der Waals surface area contributed by atoms with E-state index >= 15 is 0 Å². The minimum atomic E-state index is -4.55. The third-order valence-electron chi connectivity index (χ3n) is 8.70. The summed E-state index contributed by atoms with van der Waals surface area (Å²) in [5.74, 6) is 1.50. The van der Waals surface area contributed by atoms with E-state index in [0.29, 0.717) is 41.2 Å². The molecule has 9 heteroatoms. The average molecular weight is 462 g/mol. The zero-order valence-corrected chi connectivity index (χ0v) is 19.1. The molecule has 5 fully saturated rings. The fourth-order valence-electron chi connectivity index (χ4n) is 7.11. The molecule has 2 aromatic rings. The lowest BCUT2D eigenvalue weighted by molar-refractivity contribution is -0.137. The van der Waals surface area contributed by atoms with Crippen LogP contribution in [-0.4, -0.2) is 52.0 Å². The molecule has 2 N–H and O–H groups in total. The molecule has 1 aliphatic heterocycles. The van der Waals surface area contributed by atoms with E-state index in [1.54, 1.807) is 7.11 Å². The first kappa shape index (κ1) is 21.4. The second kappa shape index (κ2) is 6.95. The summed E-state index contributed by atoms with van der Waals surface area (Å²) in [6.45, 7) is 6.32. The predicted octanol–water partition coefficient (Wildman–Crippen LogP) is 4.12. The number of ether oxygens (including phenoxy) is 1. The summed E-state index contributed by atoms with van der Waals surface area (Å²) in [4.78, 5) is 6.47. The number of rotatable bonds is 5. The SMILES string of the molecule is COC1CCN([C@H]2C[C@@H]3[C@@H]4C2[C@@]34c2cc(-c3cnc(N)c(C(F)(F)F)c3)nn2C(C)C)CC1. The van der Waals surface area contributed by atoms with Gasteiger partial charge in [0.15, 0.2) is 0 Å². The smallest absolute Gasteiger partial charge is 0.383 e. The molecule has 5 atom stereocenters. The van der Waals surface area contributed by atoms with Crippen LogP contribution in [0.1, 0.15) is 50.4 Å². The maximum absolute atomic E-state index is 13.4. The summed E-state index contributed by atoms with van der Waals surface area (Å²) < 4.78 is 47.7. The number of hydrogen-bond donors (Lipinski definition) is 1. The number of nitrogens with two attached hydrogens (primary N) is 1. The Morgan fingerprint density at radius 3 is 2.52 bits per heavy atom. The number of hydrogen-bond acceptors (Lipinski definition) is 5. The van der Waals surface area contributed by atoms with E-state index in [2.05, 4.69) is 23.7 Å². The van der Waals surface area contributed by atoms with Crippen molar-refractivity contribution < 1.29 is 17.9 Å². The Balaban J connectivity index is 1.30. The van der Waals surface area contributed by atoms with E-state index < -0.39 is 17.6 Å². The molecule has 0 amide bonds. The molecule has 0 spiro atoms. The molecule has 4 saturated carbocycles. The summed E-state index contributed by atoms with van der Waals surface area (Å²) in [6.07, 6.45) is 0.611. The predicted molar refractivity (Wildman–Crippen MR) is 117 cm³/mol. The first-order valence-electron chi connectivity index (χ1n) is 11.9. The van der Waals surface area contributed by atoms with Gasteiger partial charge in [0, 0.05) is 55.2 Å². The number of aromatic nitrogens is 3. The summed E-state index contributed by atoms with van der Waals surface area (Å²) >= 11 is 0. The monoisotopic (exact) mass is 461 g/mol. The van der Waals surface area contributed by atoms with Crippen molar-refractivity contribution in [3.63, 3.8) is 0 Å². The van der Waals surface area contributed by atoms with Crippen LogP contribution in [0.2, 0.25) is 0 Å². The van der Waals surface area contributed by atoms with Crippen LogP contribution in [0.5, 0.6) is 0 Å². The molecular formula is C24H30F3N5O. The standard InChI is InChI=1S/C24H30F3N5O/c1-12(2)32-19(10-17(30-32)13-8-16(24(25,26)27)22(28)29-11-13)23-15-9-18(21(23)20(15)23)31-6-4-14(33-3)5-7-31/h8,10-12,14-15,18,20-21H,4-7,9H2,1-3H3,(H2,28,29)/t15-,18+,20-,21?,23-/m1/s1. The van der Waals surface area contributed by atoms with Crippen LogP contribution in [0.25, 0.3) is 11.3 Å². The molecule has 4 aliphatic carbocycles. The second-order valence-corrected chi connectivity index (χ2v) is 10.5. The van der Waals surface area contributed by atoms with Gasteiger partial charge in [0.2, 0.25) is 0 Å². The van der Waals surface area contributed by atoms with E-state index in [-0.39, 0.29) is 11.5 Å². The van der Waals surface area contributed by atoms with E-state index in [9.17, 15) is 13.2 Å². The number of alkyl halides is 3. The second-order valence-electron chi connectivity index (χ2n) is 10.5. The van der Waals surface area contributed by atoms with Crippen molar-refractivity contribution in [1.82, 2.24) is 19.7 Å². The number of likely N-dealkylation sites (tertiary alicyclic amines) is 1. The van der Waals surface area contributed by atoms with Gasteiger partial charge in [0.1, 0.15) is 5.82 Å². The Bertz CT molecular complexity index is 1080. The summed E-state index contributed by atoms with van der Waals surface area (Å²) in [5, 5.41) is 4.76. The molecule has 0 radical (unpaired) electrons. The molecule has 178 valence electrons. The number of fused-ring (bicyclic) bond motifs is 1. The molecule has 5 aliphatic rings. The highest BCUT2D eigenvalue weighted by Crippen LogP contribution is 2.91. The van der Waals surface area contributed by atoms with Gasteiger partial charge in [-0.3, -0.25) is 9.58 Å². The molecule has 0 aromatic carbocycles. The number of piperidine rings is 1. The van der Waals surface area contributed by atoms with E-state index in [0.717, 1.165) is 32.0 Å². The van der Waals surface area contributed by atoms with Gasteiger partial charge >= 0.3 is 6.18 Å². The Kier molecular flexibility index (Phi) is 4.51. The molecule has 33 heavy (non-hydrogen) atoms.